The van der Waals surface area contributed by atoms with Crippen molar-refractivity contribution in [1.29, 1.82) is 0 Å². The first-order valence-electron chi connectivity index (χ1n) is 12.3. The van der Waals surface area contributed by atoms with E-state index in [9.17, 15) is 14.0 Å². The van der Waals surface area contributed by atoms with Crippen molar-refractivity contribution in [2.75, 3.05) is 12.9 Å². The van der Waals surface area contributed by atoms with E-state index < -0.39 is 17.4 Å². The van der Waals surface area contributed by atoms with E-state index in [1.54, 1.807) is 25.3 Å². The van der Waals surface area contributed by atoms with Gasteiger partial charge in [0.05, 0.1) is 12.9 Å². The van der Waals surface area contributed by atoms with Gasteiger partial charge in [-0.15, -0.1) is 11.8 Å². The van der Waals surface area contributed by atoms with Crippen LogP contribution in [0.15, 0.2) is 78.9 Å². The molecule has 0 unspecified atom stereocenters. The molecule has 2 amide bonds. The van der Waals surface area contributed by atoms with Crippen molar-refractivity contribution in [2.24, 2.45) is 0 Å². The molecule has 0 aromatic heterocycles. The molecule has 0 bridgehead atoms. The van der Waals surface area contributed by atoms with E-state index in [0.717, 1.165) is 16.9 Å². The van der Waals surface area contributed by atoms with E-state index in [4.69, 9.17) is 4.74 Å². The number of nitrogens with zero attached hydrogens (tertiary/aromatic N) is 1. The summed E-state index contributed by atoms with van der Waals surface area (Å²) in [6.45, 7) is 5.71. The van der Waals surface area contributed by atoms with Crippen LogP contribution in [-0.4, -0.2) is 41.2 Å². The quantitative estimate of drug-likeness (QED) is 0.355. The molecular weight excluding hydrogens is 487 g/mol. The fourth-order valence-corrected chi connectivity index (χ4v) is 4.75. The third-order valence-electron chi connectivity index (χ3n) is 5.72. The largest absolute Gasteiger partial charge is 0.497 e. The summed E-state index contributed by atoms with van der Waals surface area (Å²) in [5.41, 5.74) is 1.87. The van der Waals surface area contributed by atoms with Gasteiger partial charge < -0.3 is 15.0 Å². The van der Waals surface area contributed by atoms with Gasteiger partial charge in [0.1, 0.15) is 17.6 Å². The van der Waals surface area contributed by atoms with E-state index in [-0.39, 0.29) is 24.1 Å². The maximum atomic E-state index is 14.7. The highest BCUT2D eigenvalue weighted by molar-refractivity contribution is 7.99. The minimum absolute atomic E-state index is 0.00364. The summed E-state index contributed by atoms with van der Waals surface area (Å²) < 4.78 is 19.9. The van der Waals surface area contributed by atoms with E-state index in [2.05, 4.69) is 5.32 Å². The van der Waals surface area contributed by atoms with Gasteiger partial charge in [-0.3, -0.25) is 9.59 Å². The zero-order valence-electron chi connectivity index (χ0n) is 21.9. The Balaban J connectivity index is 1.85. The molecule has 0 saturated carbocycles. The first-order chi connectivity index (χ1) is 17.7. The number of carbonyl (C=O) groups is 2. The van der Waals surface area contributed by atoms with Gasteiger partial charge in [-0.1, -0.05) is 60.7 Å². The molecule has 0 heterocycles. The highest BCUT2D eigenvalue weighted by Gasteiger charge is 2.32. The lowest BCUT2D eigenvalue weighted by molar-refractivity contribution is -0.140. The molecule has 196 valence electrons. The number of nitrogens with one attached hydrogen (secondary N) is 1. The SMILES string of the molecule is COc1ccc(CSCC(=O)N(Cc2ccccc2F)[C@H](Cc2ccccc2)C(=O)NC(C)(C)C)cc1. The van der Waals surface area contributed by atoms with Crippen LogP contribution in [-0.2, 0) is 28.3 Å². The zero-order valence-corrected chi connectivity index (χ0v) is 22.7. The van der Waals surface area contributed by atoms with Crippen molar-refractivity contribution in [3.05, 3.63) is 101 Å². The predicted molar refractivity (Wildman–Crippen MR) is 148 cm³/mol. The molecule has 0 spiro atoms. The number of methoxy groups -OCH3 is 1. The molecule has 1 N–H and O–H groups in total. The van der Waals surface area contributed by atoms with Crippen molar-refractivity contribution >= 4 is 23.6 Å². The number of rotatable bonds is 11. The highest BCUT2D eigenvalue weighted by atomic mass is 32.2. The van der Waals surface area contributed by atoms with Crippen molar-refractivity contribution in [3.8, 4) is 5.75 Å². The number of hydrogen-bond donors (Lipinski definition) is 1. The van der Waals surface area contributed by atoms with E-state index in [1.165, 1.54) is 22.7 Å². The summed E-state index contributed by atoms with van der Waals surface area (Å²) in [7, 11) is 1.62. The Kier molecular flexibility index (Phi) is 10.1. The van der Waals surface area contributed by atoms with Crippen molar-refractivity contribution in [1.82, 2.24) is 10.2 Å². The van der Waals surface area contributed by atoms with E-state index in [1.807, 2.05) is 75.4 Å². The lowest BCUT2D eigenvalue weighted by Gasteiger charge is -2.34. The van der Waals surface area contributed by atoms with Gasteiger partial charge in [0.15, 0.2) is 0 Å². The van der Waals surface area contributed by atoms with Crippen LogP contribution in [0.1, 0.15) is 37.5 Å². The number of carbonyl (C=O) groups excluding carboxylic acids is 2. The fraction of sp³-hybridized carbons (Fsp3) is 0.333. The van der Waals surface area contributed by atoms with Crippen molar-refractivity contribution in [2.45, 2.75) is 51.1 Å². The Hall–Kier alpha value is -3.32. The van der Waals surface area contributed by atoms with Gasteiger partial charge in [0, 0.05) is 29.8 Å². The minimum atomic E-state index is -0.796. The Morgan fingerprint density at radius 2 is 1.59 bits per heavy atom. The molecule has 7 heteroatoms. The van der Waals surface area contributed by atoms with Crippen LogP contribution in [0.5, 0.6) is 5.75 Å². The fourth-order valence-electron chi connectivity index (χ4n) is 3.88. The van der Waals surface area contributed by atoms with Crippen LogP contribution in [0.25, 0.3) is 0 Å². The summed E-state index contributed by atoms with van der Waals surface area (Å²) >= 11 is 1.46. The number of thioether (sulfide) groups is 1. The number of halogens is 1. The maximum Gasteiger partial charge on any atom is 0.243 e. The molecule has 0 aliphatic carbocycles. The molecule has 1 atom stereocenters. The van der Waals surface area contributed by atoms with Crippen LogP contribution in [0.4, 0.5) is 4.39 Å². The van der Waals surface area contributed by atoms with Crippen molar-refractivity contribution in [3.63, 3.8) is 0 Å². The summed E-state index contributed by atoms with van der Waals surface area (Å²) in [5, 5.41) is 3.02. The lowest BCUT2D eigenvalue weighted by atomic mass is 10.0. The topological polar surface area (TPSA) is 58.6 Å². The van der Waals surface area contributed by atoms with Crippen LogP contribution >= 0.6 is 11.8 Å². The van der Waals surface area contributed by atoms with Gasteiger partial charge in [-0.25, -0.2) is 4.39 Å². The molecular formula is C30H35FN2O3S. The molecule has 0 aliphatic heterocycles. The lowest BCUT2D eigenvalue weighted by Crippen LogP contribution is -2.54. The second-order valence-corrected chi connectivity index (χ2v) is 10.9. The van der Waals surface area contributed by atoms with Crippen molar-refractivity contribution < 1.29 is 18.7 Å². The smallest absolute Gasteiger partial charge is 0.243 e. The van der Waals surface area contributed by atoms with Crippen LogP contribution < -0.4 is 10.1 Å². The third-order valence-corrected chi connectivity index (χ3v) is 6.71. The Bertz CT molecular complexity index is 1160. The number of ether oxygens (including phenoxy) is 1. The van der Waals surface area contributed by atoms with E-state index in [0.29, 0.717) is 17.7 Å². The molecule has 37 heavy (non-hydrogen) atoms. The molecule has 3 rings (SSSR count). The molecule has 0 fully saturated rings. The summed E-state index contributed by atoms with van der Waals surface area (Å²) in [5.74, 6) is 0.679. The standard InChI is InChI=1S/C30H35FN2O3S/c1-30(2,3)32-29(35)27(18-22-10-6-5-7-11-22)33(19-24-12-8-9-13-26(24)31)28(34)21-37-20-23-14-16-25(36-4)17-15-23/h5-17,27H,18-21H2,1-4H3,(H,32,35)/t27-/m1/s1. The van der Waals surface area contributed by atoms with E-state index >= 15 is 0 Å². The summed E-state index contributed by atoms with van der Waals surface area (Å²) in [6, 6.07) is 22.9. The number of amides is 2. The van der Waals surface area contributed by atoms with Gasteiger partial charge in [0.25, 0.3) is 0 Å². The molecule has 3 aromatic carbocycles. The second-order valence-electron chi connectivity index (χ2n) is 9.90. The summed E-state index contributed by atoms with van der Waals surface area (Å²) in [4.78, 5) is 28.7. The average molecular weight is 523 g/mol. The Morgan fingerprint density at radius 1 is 0.946 bits per heavy atom. The van der Waals surface area contributed by atoms with Gasteiger partial charge >= 0.3 is 0 Å². The molecule has 0 saturated heterocycles. The molecule has 0 aliphatic rings. The Labute approximate surface area is 223 Å². The zero-order chi connectivity index (χ0) is 26.8. The van der Waals surface area contributed by atoms with Crippen LogP contribution in [0, 0.1) is 5.82 Å². The van der Waals surface area contributed by atoms with Crippen LogP contribution in [0.3, 0.4) is 0 Å². The monoisotopic (exact) mass is 522 g/mol. The number of hydrogen-bond acceptors (Lipinski definition) is 4. The number of benzene rings is 3. The maximum absolute atomic E-state index is 14.7. The normalized spacial score (nSPS) is 12.0. The van der Waals surface area contributed by atoms with Gasteiger partial charge in [-0.05, 0) is 50.1 Å². The summed E-state index contributed by atoms with van der Waals surface area (Å²) in [6.07, 6.45) is 0.325. The highest BCUT2D eigenvalue weighted by Crippen LogP contribution is 2.21. The van der Waals surface area contributed by atoms with Gasteiger partial charge in [0.2, 0.25) is 11.8 Å². The minimum Gasteiger partial charge on any atom is -0.497 e. The third kappa shape index (κ3) is 8.93. The first-order valence-corrected chi connectivity index (χ1v) is 13.4. The second kappa shape index (κ2) is 13.3. The Morgan fingerprint density at radius 3 is 2.22 bits per heavy atom. The predicted octanol–water partition coefficient (Wildman–Crippen LogP) is 5.62. The molecule has 0 radical (unpaired) electrons. The first kappa shape index (κ1) is 28.3. The van der Waals surface area contributed by atoms with Crippen LogP contribution in [0.2, 0.25) is 0 Å². The van der Waals surface area contributed by atoms with Gasteiger partial charge in [-0.2, -0.15) is 0 Å². The molecule has 5 nitrogen and oxygen atoms in total. The molecule has 3 aromatic rings. The average Bonchev–Trinajstić information content (AvgIpc) is 2.87.